The van der Waals surface area contributed by atoms with E-state index in [9.17, 15) is 14.7 Å². The van der Waals surface area contributed by atoms with E-state index in [4.69, 9.17) is 16.3 Å². The number of halogens is 1. The summed E-state index contributed by atoms with van der Waals surface area (Å²) in [6, 6.07) is 6.10. The fourth-order valence-electron chi connectivity index (χ4n) is 2.42. The molecule has 1 heterocycles. The molecule has 6 heteroatoms. The van der Waals surface area contributed by atoms with Gasteiger partial charge >= 0.3 is 5.97 Å². The Kier molecular flexibility index (Phi) is 5.66. The summed E-state index contributed by atoms with van der Waals surface area (Å²) < 4.78 is 5.64. The summed E-state index contributed by atoms with van der Waals surface area (Å²) in [4.78, 5) is 25.0. The fourth-order valence-corrected chi connectivity index (χ4v) is 2.59. The van der Waals surface area contributed by atoms with Gasteiger partial charge in [-0.15, -0.1) is 0 Å². The van der Waals surface area contributed by atoms with Gasteiger partial charge in [-0.05, 0) is 24.5 Å². The Hall–Kier alpha value is -2.01. The zero-order chi connectivity index (χ0) is 17.0. The van der Waals surface area contributed by atoms with E-state index in [1.54, 1.807) is 24.3 Å². The van der Waals surface area contributed by atoms with Crippen molar-refractivity contribution in [1.82, 2.24) is 4.90 Å². The van der Waals surface area contributed by atoms with Crippen LogP contribution in [-0.4, -0.2) is 34.5 Å². The number of aliphatic carboxylic acids is 1. The average Bonchev–Trinajstić information content (AvgIpc) is 2.87. The molecule has 1 N–H and O–H groups in total. The van der Waals surface area contributed by atoms with E-state index in [-0.39, 0.29) is 18.4 Å². The van der Waals surface area contributed by atoms with Gasteiger partial charge in [0.25, 0.3) is 5.91 Å². The predicted molar refractivity (Wildman–Crippen MR) is 87.4 cm³/mol. The van der Waals surface area contributed by atoms with Crippen molar-refractivity contribution in [3.8, 4) is 5.75 Å². The first kappa shape index (κ1) is 17.3. The molecule has 2 atom stereocenters. The molecule has 0 aliphatic carbocycles. The van der Waals surface area contributed by atoms with E-state index < -0.39 is 12.0 Å². The number of carboxylic acid groups (broad SMARTS) is 1. The molecule has 1 aliphatic rings. The molecular formula is C17H20ClNO4. The third-order valence-corrected chi connectivity index (χ3v) is 4.27. The van der Waals surface area contributed by atoms with E-state index in [0.717, 1.165) is 6.42 Å². The Morgan fingerprint density at radius 2 is 2.13 bits per heavy atom. The SMILES string of the molecule is CC[C@@H](C)C[C@H](C(=O)O)N1CC(Oc2ccccc2Cl)=CC1=O. The molecule has 1 aromatic carbocycles. The quantitative estimate of drug-likeness (QED) is 0.828. The molecule has 0 unspecified atom stereocenters. The minimum Gasteiger partial charge on any atom is -0.480 e. The molecule has 124 valence electrons. The second-order valence-electron chi connectivity index (χ2n) is 5.71. The fraction of sp³-hybridized carbons (Fsp3) is 0.412. The normalized spacial score (nSPS) is 16.9. The lowest BCUT2D eigenvalue weighted by Crippen LogP contribution is -2.43. The average molecular weight is 338 g/mol. The van der Waals surface area contributed by atoms with E-state index in [1.165, 1.54) is 11.0 Å². The largest absolute Gasteiger partial charge is 0.480 e. The van der Waals surface area contributed by atoms with Crippen LogP contribution in [0.5, 0.6) is 5.75 Å². The van der Waals surface area contributed by atoms with Crippen LogP contribution in [0, 0.1) is 5.92 Å². The molecule has 0 spiro atoms. The standard InChI is InChI=1S/C17H20ClNO4/c1-3-11(2)8-14(17(21)22)19-10-12(9-16(19)20)23-15-7-5-4-6-13(15)18/h4-7,9,11,14H,3,8,10H2,1-2H3,(H,21,22)/t11-,14-/m1/s1. The zero-order valence-electron chi connectivity index (χ0n) is 13.2. The molecule has 0 saturated heterocycles. The van der Waals surface area contributed by atoms with Crippen LogP contribution in [0.4, 0.5) is 0 Å². The molecule has 1 aromatic rings. The Labute approximate surface area is 140 Å². The molecule has 23 heavy (non-hydrogen) atoms. The van der Waals surface area contributed by atoms with E-state index >= 15 is 0 Å². The number of nitrogens with zero attached hydrogens (tertiary/aromatic N) is 1. The summed E-state index contributed by atoms with van der Waals surface area (Å²) in [6.45, 7) is 4.11. The summed E-state index contributed by atoms with van der Waals surface area (Å²) in [7, 11) is 0. The van der Waals surface area contributed by atoms with Gasteiger partial charge in [-0.2, -0.15) is 0 Å². The number of carboxylic acids is 1. The van der Waals surface area contributed by atoms with Crippen molar-refractivity contribution in [3.63, 3.8) is 0 Å². The third kappa shape index (κ3) is 4.26. The first-order chi connectivity index (χ1) is 10.9. The topological polar surface area (TPSA) is 66.8 Å². The van der Waals surface area contributed by atoms with E-state index in [1.807, 2.05) is 13.8 Å². The van der Waals surface area contributed by atoms with Crippen LogP contribution in [0.25, 0.3) is 0 Å². The molecule has 2 rings (SSSR count). The number of hydrogen-bond acceptors (Lipinski definition) is 3. The highest BCUT2D eigenvalue weighted by Gasteiger charge is 2.34. The lowest BCUT2D eigenvalue weighted by atomic mass is 9.98. The van der Waals surface area contributed by atoms with Crippen LogP contribution < -0.4 is 4.74 Å². The molecule has 5 nitrogen and oxygen atoms in total. The lowest BCUT2D eigenvalue weighted by molar-refractivity contribution is -0.148. The number of carbonyl (C=O) groups excluding carboxylic acids is 1. The van der Waals surface area contributed by atoms with Crippen LogP contribution in [0.15, 0.2) is 36.1 Å². The maximum absolute atomic E-state index is 12.1. The van der Waals surface area contributed by atoms with Crippen molar-refractivity contribution < 1.29 is 19.4 Å². The first-order valence-corrected chi connectivity index (χ1v) is 7.96. The van der Waals surface area contributed by atoms with Gasteiger partial charge in [-0.25, -0.2) is 4.79 Å². The Morgan fingerprint density at radius 3 is 2.74 bits per heavy atom. The maximum Gasteiger partial charge on any atom is 0.326 e. The van der Waals surface area contributed by atoms with Gasteiger partial charge in [0.15, 0.2) is 0 Å². The minimum atomic E-state index is -0.994. The van der Waals surface area contributed by atoms with Crippen molar-refractivity contribution in [1.29, 1.82) is 0 Å². The Morgan fingerprint density at radius 1 is 1.43 bits per heavy atom. The molecule has 1 amide bonds. The highest BCUT2D eigenvalue weighted by molar-refractivity contribution is 6.32. The molecule has 0 fully saturated rings. The second kappa shape index (κ2) is 7.51. The number of ether oxygens (including phenoxy) is 1. The van der Waals surface area contributed by atoms with Crippen LogP contribution in [-0.2, 0) is 9.59 Å². The van der Waals surface area contributed by atoms with Crippen molar-refractivity contribution in [2.75, 3.05) is 6.54 Å². The van der Waals surface area contributed by atoms with Gasteiger partial charge in [0, 0.05) is 6.08 Å². The number of para-hydroxylation sites is 1. The number of carbonyl (C=O) groups is 2. The van der Waals surface area contributed by atoms with Gasteiger partial charge in [-0.3, -0.25) is 4.79 Å². The molecule has 0 aromatic heterocycles. The van der Waals surface area contributed by atoms with Crippen LogP contribution >= 0.6 is 11.6 Å². The summed E-state index contributed by atoms with van der Waals surface area (Å²) in [6.07, 6.45) is 2.61. The molecule has 1 aliphatic heterocycles. The van der Waals surface area contributed by atoms with Gasteiger partial charge in [-0.1, -0.05) is 44.0 Å². The Bertz CT molecular complexity index is 629. The maximum atomic E-state index is 12.1. The molecule has 0 radical (unpaired) electrons. The second-order valence-corrected chi connectivity index (χ2v) is 6.12. The number of amides is 1. The van der Waals surface area contributed by atoms with Gasteiger partial charge in [0.2, 0.25) is 0 Å². The first-order valence-electron chi connectivity index (χ1n) is 7.58. The molecular weight excluding hydrogens is 318 g/mol. The van der Waals surface area contributed by atoms with Gasteiger partial charge < -0.3 is 14.7 Å². The molecule has 0 saturated carbocycles. The van der Waals surface area contributed by atoms with E-state index in [2.05, 4.69) is 0 Å². The van der Waals surface area contributed by atoms with Crippen LogP contribution in [0.2, 0.25) is 5.02 Å². The van der Waals surface area contributed by atoms with Crippen molar-refractivity contribution in [2.45, 2.75) is 32.7 Å². The number of benzene rings is 1. The van der Waals surface area contributed by atoms with Crippen molar-refractivity contribution >= 4 is 23.5 Å². The monoisotopic (exact) mass is 337 g/mol. The van der Waals surface area contributed by atoms with Crippen LogP contribution in [0.3, 0.4) is 0 Å². The summed E-state index contributed by atoms with van der Waals surface area (Å²) in [5, 5.41) is 9.88. The Balaban J connectivity index is 2.09. The van der Waals surface area contributed by atoms with Crippen molar-refractivity contribution in [3.05, 3.63) is 41.1 Å². The summed E-state index contributed by atoms with van der Waals surface area (Å²) >= 11 is 6.03. The van der Waals surface area contributed by atoms with Gasteiger partial charge in [0.1, 0.15) is 17.6 Å². The van der Waals surface area contributed by atoms with Crippen molar-refractivity contribution in [2.24, 2.45) is 5.92 Å². The predicted octanol–water partition coefficient (Wildman–Crippen LogP) is 3.33. The lowest BCUT2D eigenvalue weighted by Gasteiger charge is -2.26. The summed E-state index contributed by atoms with van der Waals surface area (Å²) in [5.41, 5.74) is 0. The smallest absolute Gasteiger partial charge is 0.326 e. The molecule has 0 bridgehead atoms. The number of hydrogen-bond donors (Lipinski definition) is 1. The zero-order valence-corrected chi connectivity index (χ0v) is 13.9. The van der Waals surface area contributed by atoms with Gasteiger partial charge in [0.05, 0.1) is 11.6 Å². The highest BCUT2D eigenvalue weighted by atomic mass is 35.5. The number of rotatable bonds is 7. The minimum absolute atomic E-state index is 0.136. The van der Waals surface area contributed by atoms with Crippen LogP contribution in [0.1, 0.15) is 26.7 Å². The third-order valence-electron chi connectivity index (χ3n) is 3.96. The summed E-state index contributed by atoms with van der Waals surface area (Å²) in [5.74, 6) is -0.270. The van der Waals surface area contributed by atoms with E-state index in [0.29, 0.717) is 23.0 Å². The highest BCUT2D eigenvalue weighted by Crippen LogP contribution is 2.28.